The maximum absolute atomic E-state index is 13.9. The molecule has 1 aromatic carbocycles. The smallest absolute Gasteiger partial charge is 0.243 e. The summed E-state index contributed by atoms with van der Waals surface area (Å²) in [6.07, 6.45) is 0.491. The minimum atomic E-state index is -3.79. The minimum Gasteiger partial charge on any atom is -0.392 e. The third-order valence-corrected chi connectivity index (χ3v) is 5.12. The van der Waals surface area contributed by atoms with Crippen molar-refractivity contribution in [3.63, 3.8) is 0 Å². The number of piperidine rings is 1. The van der Waals surface area contributed by atoms with E-state index in [1.165, 1.54) is 16.4 Å². The summed E-state index contributed by atoms with van der Waals surface area (Å²) in [6.45, 7) is 0.472. The van der Waals surface area contributed by atoms with E-state index in [-0.39, 0.29) is 23.5 Å². The average Bonchev–Trinajstić information content (AvgIpc) is 2.46. The van der Waals surface area contributed by atoms with Gasteiger partial charge in [0.25, 0.3) is 0 Å². The molecule has 7 heteroatoms. The first-order valence-electron chi connectivity index (χ1n) is 6.62. The van der Waals surface area contributed by atoms with Gasteiger partial charge >= 0.3 is 0 Å². The van der Waals surface area contributed by atoms with Gasteiger partial charge in [-0.1, -0.05) is 11.8 Å². The molecule has 0 saturated carbocycles. The van der Waals surface area contributed by atoms with Crippen molar-refractivity contribution in [3.05, 3.63) is 29.6 Å². The van der Waals surface area contributed by atoms with Crippen molar-refractivity contribution in [3.8, 4) is 11.8 Å². The second-order valence-electron chi connectivity index (χ2n) is 4.81. The van der Waals surface area contributed by atoms with Gasteiger partial charge in [0, 0.05) is 13.1 Å². The van der Waals surface area contributed by atoms with Gasteiger partial charge in [-0.2, -0.15) is 4.31 Å². The number of hydrogen-bond acceptors (Lipinski definition) is 4. The van der Waals surface area contributed by atoms with Gasteiger partial charge in [0.15, 0.2) is 0 Å². The molecule has 1 unspecified atom stereocenters. The minimum absolute atomic E-state index is 0.0404. The molecule has 114 valence electrons. The number of nitrogens with zero attached hydrogens (tertiary/aromatic N) is 1. The molecule has 0 amide bonds. The molecule has 0 spiro atoms. The van der Waals surface area contributed by atoms with Crippen LogP contribution in [0.3, 0.4) is 0 Å². The van der Waals surface area contributed by atoms with E-state index in [4.69, 9.17) is 5.73 Å². The van der Waals surface area contributed by atoms with Crippen LogP contribution in [0.15, 0.2) is 23.1 Å². The Morgan fingerprint density at radius 1 is 1.48 bits per heavy atom. The SMILES string of the molecule is NCC#Cc1ccc(S(=O)(=O)N2CCCC(O)C2)cc1F. The number of aliphatic hydroxyl groups is 1. The quantitative estimate of drug-likeness (QED) is 0.769. The predicted molar refractivity (Wildman–Crippen MR) is 76.3 cm³/mol. The summed E-state index contributed by atoms with van der Waals surface area (Å²) in [7, 11) is -3.79. The average molecular weight is 312 g/mol. The molecule has 1 heterocycles. The fraction of sp³-hybridized carbons (Fsp3) is 0.429. The van der Waals surface area contributed by atoms with E-state index in [1.54, 1.807) is 0 Å². The second-order valence-corrected chi connectivity index (χ2v) is 6.74. The molecule has 3 N–H and O–H groups in total. The van der Waals surface area contributed by atoms with Crippen molar-refractivity contribution >= 4 is 10.0 Å². The van der Waals surface area contributed by atoms with Crippen LogP contribution in [0.5, 0.6) is 0 Å². The van der Waals surface area contributed by atoms with Crippen LogP contribution in [0, 0.1) is 17.7 Å². The van der Waals surface area contributed by atoms with E-state index in [2.05, 4.69) is 11.8 Å². The van der Waals surface area contributed by atoms with Crippen LogP contribution < -0.4 is 5.73 Å². The van der Waals surface area contributed by atoms with Crippen LogP contribution >= 0.6 is 0 Å². The van der Waals surface area contributed by atoms with Gasteiger partial charge in [0.2, 0.25) is 10.0 Å². The van der Waals surface area contributed by atoms with Gasteiger partial charge in [-0.3, -0.25) is 0 Å². The summed E-state index contributed by atoms with van der Waals surface area (Å²) in [6, 6.07) is 3.60. The lowest BCUT2D eigenvalue weighted by molar-refractivity contribution is 0.108. The third-order valence-electron chi connectivity index (χ3n) is 3.26. The summed E-state index contributed by atoms with van der Waals surface area (Å²) in [4.78, 5) is -0.132. The van der Waals surface area contributed by atoms with Crippen LogP contribution in [0.2, 0.25) is 0 Å². The molecular weight excluding hydrogens is 295 g/mol. The Balaban J connectivity index is 2.30. The highest BCUT2D eigenvalue weighted by atomic mass is 32.2. The van der Waals surface area contributed by atoms with Gasteiger partial charge < -0.3 is 10.8 Å². The van der Waals surface area contributed by atoms with E-state index < -0.39 is 21.9 Å². The summed E-state index contributed by atoms with van der Waals surface area (Å²) in [5.41, 5.74) is 5.32. The van der Waals surface area contributed by atoms with Crippen LogP contribution in [0.4, 0.5) is 4.39 Å². The highest BCUT2D eigenvalue weighted by Crippen LogP contribution is 2.22. The highest BCUT2D eigenvalue weighted by molar-refractivity contribution is 7.89. The predicted octanol–water partition coefficient (Wildman–Crippen LogP) is 0.281. The standard InChI is InChI=1S/C14H17FN2O3S/c15-14-9-13(6-5-11(14)3-1-7-16)21(19,20)17-8-2-4-12(18)10-17/h5-6,9,12,18H,2,4,7-8,10,16H2. The molecular formula is C14H17FN2O3S. The monoisotopic (exact) mass is 312 g/mol. The Morgan fingerprint density at radius 3 is 2.86 bits per heavy atom. The molecule has 0 bridgehead atoms. The van der Waals surface area contributed by atoms with Crippen molar-refractivity contribution in [2.45, 2.75) is 23.8 Å². The maximum atomic E-state index is 13.9. The lowest BCUT2D eigenvalue weighted by atomic mass is 10.1. The highest BCUT2D eigenvalue weighted by Gasteiger charge is 2.29. The van der Waals surface area contributed by atoms with Gasteiger partial charge in [0.1, 0.15) is 5.82 Å². The van der Waals surface area contributed by atoms with Crippen LogP contribution in [-0.4, -0.2) is 43.6 Å². The molecule has 21 heavy (non-hydrogen) atoms. The van der Waals surface area contributed by atoms with E-state index in [1.807, 2.05) is 0 Å². The van der Waals surface area contributed by atoms with Crippen LogP contribution in [0.25, 0.3) is 0 Å². The number of benzene rings is 1. The van der Waals surface area contributed by atoms with E-state index in [0.29, 0.717) is 19.4 Å². The third kappa shape index (κ3) is 3.60. The van der Waals surface area contributed by atoms with Crippen molar-refractivity contribution in [1.29, 1.82) is 0 Å². The molecule has 1 saturated heterocycles. The topological polar surface area (TPSA) is 83.6 Å². The summed E-state index contributed by atoms with van der Waals surface area (Å²) >= 11 is 0. The molecule has 0 radical (unpaired) electrons. The van der Waals surface area contributed by atoms with Crippen LogP contribution in [-0.2, 0) is 10.0 Å². The van der Waals surface area contributed by atoms with E-state index in [0.717, 1.165) is 6.07 Å². The normalized spacial score (nSPS) is 19.9. The van der Waals surface area contributed by atoms with Crippen molar-refractivity contribution in [2.75, 3.05) is 19.6 Å². The van der Waals surface area contributed by atoms with Crippen molar-refractivity contribution < 1.29 is 17.9 Å². The van der Waals surface area contributed by atoms with E-state index >= 15 is 0 Å². The van der Waals surface area contributed by atoms with Crippen molar-refractivity contribution in [2.24, 2.45) is 5.73 Å². The molecule has 0 aromatic heterocycles. The molecule has 1 aliphatic rings. The van der Waals surface area contributed by atoms with Crippen molar-refractivity contribution in [1.82, 2.24) is 4.31 Å². The number of sulfonamides is 1. The second kappa shape index (κ2) is 6.54. The number of aliphatic hydroxyl groups excluding tert-OH is 1. The lowest BCUT2D eigenvalue weighted by Gasteiger charge is -2.29. The summed E-state index contributed by atoms with van der Waals surface area (Å²) in [5, 5.41) is 9.58. The molecule has 5 nitrogen and oxygen atoms in total. The van der Waals surface area contributed by atoms with Gasteiger partial charge in [-0.25, -0.2) is 12.8 Å². The Bertz CT molecular complexity index is 679. The number of halogens is 1. The Kier molecular flexibility index (Phi) is 4.96. The Labute approximate surface area is 123 Å². The zero-order valence-electron chi connectivity index (χ0n) is 11.4. The molecule has 1 aliphatic heterocycles. The first-order valence-corrected chi connectivity index (χ1v) is 8.06. The molecule has 1 atom stereocenters. The molecule has 1 fully saturated rings. The van der Waals surface area contributed by atoms with Gasteiger partial charge in [0.05, 0.1) is 23.1 Å². The van der Waals surface area contributed by atoms with Gasteiger partial charge in [-0.05, 0) is 31.0 Å². The first kappa shape index (κ1) is 15.9. The molecule has 1 aromatic rings. The summed E-state index contributed by atoms with van der Waals surface area (Å²) in [5.74, 6) is 4.36. The number of rotatable bonds is 2. The zero-order valence-corrected chi connectivity index (χ0v) is 12.2. The molecule has 2 rings (SSSR count). The fourth-order valence-corrected chi connectivity index (χ4v) is 3.72. The largest absolute Gasteiger partial charge is 0.392 e. The Morgan fingerprint density at radius 2 is 2.24 bits per heavy atom. The lowest BCUT2D eigenvalue weighted by Crippen LogP contribution is -2.42. The first-order chi connectivity index (χ1) is 9.95. The number of hydrogen-bond donors (Lipinski definition) is 2. The molecule has 0 aliphatic carbocycles. The fourth-order valence-electron chi connectivity index (χ4n) is 2.19. The zero-order chi connectivity index (χ0) is 15.5. The maximum Gasteiger partial charge on any atom is 0.243 e. The van der Waals surface area contributed by atoms with Crippen LogP contribution in [0.1, 0.15) is 18.4 Å². The Hall–Kier alpha value is -1.46. The van der Waals surface area contributed by atoms with E-state index in [9.17, 15) is 17.9 Å². The summed E-state index contributed by atoms with van der Waals surface area (Å²) < 4.78 is 39.9. The number of nitrogens with two attached hydrogens (primary N) is 1. The van der Waals surface area contributed by atoms with Gasteiger partial charge in [-0.15, -0.1) is 0 Å². The number of β-amino-alcohol motifs (C(OH)–C–C–N with tert-alkyl or cyclic N) is 1.